The topological polar surface area (TPSA) is 118 Å². The summed E-state index contributed by atoms with van der Waals surface area (Å²) in [5.41, 5.74) is -0.553. The van der Waals surface area contributed by atoms with E-state index >= 15 is 0 Å². The van der Waals surface area contributed by atoms with Crippen LogP contribution in [0.1, 0.15) is 130 Å². The zero-order valence-corrected chi connectivity index (χ0v) is 22.5. The number of aliphatic carboxylic acids is 1. The zero-order chi connectivity index (χ0) is 24.0. The largest absolute Gasteiger partial charge is 2.00 e. The number of carbonyl (C=O) groups excluding carboxylic acids is 2. The van der Waals surface area contributed by atoms with Crippen molar-refractivity contribution in [3.8, 4) is 0 Å². The maximum Gasteiger partial charge on any atom is 2.00 e. The minimum absolute atomic E-state index is 0. The number of carboxylic acid groups (broad SMARTS) is 3. The first-order valence-electron chi connectivity index (χ1n) is 12.1. The molecule has 0 aliphatic heterocycles. The van der Waals surface area contributed by atoms with Crippen LogP contribution in [0, 0.1) is 0 Å². The van der Waals surface area contributed by atoms with Gasteiger partial charge in [0.2, 0.25) is 0 Å². The molecule has 1 rings (SSSR count). The molecule has 7 heteroatoms. The first kappa shape index (κ1) is 34.1. The number of hydrogen-bond acceptors (Lipinski definition) is 5. The molecule has 0 aliphatic carbocycles. The fourth-order valence-corrected chi connectivity index (χ4v) is 3.49. The minimum atomic E-state index is -1.48. The molecule has 182 valence electrons. The van der Waals surface area contributed by atoms with Gasteiger partial charge in [-0.05, 0) is 18.9 Å². The summed E-state index contributed by atoms with van der Waals surface area (Å²) in [6.45, 7) is 2.27. The molecule has 0 saturated carbocycles. The number of unbranched alkanes of at least 4 members (excludes halogenated alkanes) is 14. The fourth-order valence-electron chi connectivity index (χ4n) is 3.49. The van der Waals surface area contributed by atoms with Crippen molar-refractivity contribution in [2.24, 2.45) is 0 Å². The number of benzene rings is 1. The zero-order valence-electron chi connectivity index (χ0n) is 20.3. The van der Waals surface area contributed by atoms with Crippen LogP contribution < -0.4 is 10.2 Å². The molecule has 0 atom stereocenters. The molecule has 0 saturated heterocycles. The van der Waals surface area contributed by atoms with E-state index in [1.54, 1.807) is 0 Å². The summed E-state index contributed by atoms with van der Waals surface area (Å²) in [5.74, 6) is -3.65. The van der Waals surface area contributed by atoms with Crippen LogP contribution in [-0.4, -0.2) is 60.8 Å². The standard InChI is InChI=1S/C18H36O2.C8H6O4.Ca/c1-2-3-4-5-6-7-8-9-10-11-12-13-14-15-16-17-18(19)20;9-7(10)5-3-1-2-4-6(5)8(11)12;/h2-17H2,1H3,(H,19,20);1-4H,(H,9,10)(H,11,12);/q;;+2/p-2. The van der Waals surface area contributed by atoms with Crippen LogP contribution in [-0.2, 0) is 4.79 Å². The molecule has 0 unspecified atom stereocenters. The average Bonchev–Trinajstić information content (AvgIpc) is 2.76. The third-order valence-electron chi connectivity index (χ3n) is 5.36. The Balaban J connectivity index is 0. The molecule has 0 radical (unpaired) electrons. The molecule has 0 aromatic heterocycles. The third-order valence-corrected chi connectivity index (χ3v) is 5.36. The van der Waals surface area contributed by atoms with Gasteiger partial charge in [-0.2, -0.15) is 0 Å². The van der Waals surface area contributed by atoms with E-state index < -0.39 is 17.9 Å². The van der Waals surface area contributed by atoms with Gasteiger partial charge >= 0.3 is 43.7 Å². The van der Waals surface area contributed by atoms with Gasteiger partial charge in [-0.1, -0.05) is 115 Å². The molecule has 1 N–H and O–H groups in total. The Hall–Kier alpha value is -1.11. The number of rotatable bonds is 18. The SMILES string of the molecule is CCCCCCCCCCCCCCCCCC(=O)[O-].O=C([O-])c1ccccc1C(=O)O.[Ca+2]. The molecule has 1 aromatic rings. The van der Waals surface area contributed by atoms with Crippen LogP contribution in [0.15, 0.2) is 24.3 Å². The Morgan fingerprint density at radius 1 is 0.667 bits per heavy atom. The van der Waals surface area contributed by atoms with Crippen molar-refractivity contribution in [3.05, 3.63) is 35.4 Å². The van der Waals surface area contributed by atoms with Gasteiger partial charge in [-0.25, -0.2) is 4.79 Å². The van der Waals surface area contributed by atoms with Crippen LogP contribution in [0.4, 0.5) is 0 Å². The Morgan fingerprint density at radius 3 is 1.33 bits per heavy atom. The molecular weight excluding hydrogens is 448 g/mol. The van der Waals surface area contributed by atoms with Gasteiger partial charge < -0.3 is 24.9 Å². The van der Waals surface area contributed by atoms with Gasteiger partial charge in [-0.15, -0.1) is 0 Å². The molecule has 0 bridgehead atoms. The van der Waals surface area contributed by atoms with Gasteiger partial charge in [0.15, 0.2) is 0 Å². The number of carboxylic acids is 3. The summed E-state index contributed by atoms with van der Waals surface area (Å²) < 4.78 is 0. The monoisotopic (exact) mass is 488 g/mol. The summed E-state index contributed by atoms with van der Waals surface area (Å²) in [6.07, 6.45) is 19.9. The smallest absolute Gasteiger partial charge is 0.550 e. The van der Waals surface area contributed by atoms with E-state index in [2.05, 4.69) is 6.92 Å². The first-order valence-corrected chi connectivity index (χ1v) is 12.1. The number of carbonyl (C=O) groups is 3. The second-order valence-electron chi connectivity index (χ2n) is 8.21. The molecule has 0 aliphatic rings. The van der Waals surface area contributed by atoms with Crippen molar-refractivity contribution in [1.82, 2.24) is 0 Å². The maximum atomic E-state index is 10.4. The van der Waals surface area contributed by atoms with Gasteiger partial charge in [0.05, 0.1) is 11.5 Å². The van der Waals surface area contributed by atoms with E-state index in [9.17, 15) is 24.6 Å². The van der Waals surface area contributed by atoms with Crippen LogP contribution in [0.5, 0.6) is 0 Å². The van der Waals surface area contributed by atoms with E-state index in [0.29, 0.717) is 0 Å². The first-order chi connectivity index (χ1) is 15.4. The van der Waals surface area contributed by atoms with E-state index in [0.717, 1.165) is 12.8 Å². The summed E-state index contributed by atoms with van der Waals surface area (Å²) in [5, 5.41) is 29.1. The molecule has 6 nitrogen and oxygen atoms in total. The van der Waals surface area contributed by atoms with Gasteiger partial charge in [0.25, 0.3) is 0 Å². The van der Waals surface area contributed by atoms with Gasteiger partial charge in [-0.3, -0.25) is 0 Å². The Kier molecular flexibility index (Phi) is 24.8. The van der Waals surface area contributed by atoms with Crippen LogP contribution in [0.25, 0.3) is 0 Å². The predicted octanol–water partition coefficient (Wildman–Crippen LogP) is 4.37. The maximum absolute atomic E-state index is 10.4. The summed E-state index contributed by atoms with van der Waals surface area (Å²) >= 11 is 0. The summed E-state index contributed by atoms with van der Waals surface area (Å²) in [4.78, 5) is 31.0. The second kappa shape index (κ2) is 24.0. The van der Waals surface area contributed by atoms with E-state index in [1.807, 2.05) is 0 Å². The molecule has 0 amide bonds. The van der Waals surface area contributed by atoms with Gasteiger partial charge in [0.1, 0.15) is 0 Å². The Labute approximate surface area is 229 Å². The second-order valence-corrected chi connectivity index (χ2v) is 8.21. The van der Waals surface area contributed by atoms with Crippen LogP contribution in [0.3, 0.4) is 0 Å². The van der Waals surface area contributed by atoms with Crippen molar-refractivity contribution in [2.75, 3.05) is 0 Å². The van der Waals surface area contributed by atoms with Crippen molar-refractivity contribution in [1.29, 1.82) is 0 Å². The fraction of sp³-hybridized carbons (Fsp3) is 0.654. The molecule has 0 heterocycles. The Morgan fingerprint density at radius 2 is 1.03 bits per heavy atom. The normalized spacial score (nSPS) is 9.97. The van der Waals surface area contributed by atoms with Crippen molar-refractivity contribution in [2.45, 2.75) is 110 Å². The molecule has 33 heavy (non-hydrogen) atoms. The van der Waals surface area contributed by atoms with E-state index in [4.69, 9.17) is 5.11 Å². The molecule has 1 aromatic carbocycles. The molecule has 0 fully saturated rings. The summed E-state index contributed by atoms with van der Waals surface area (Å²) in [6, 6.07) is 5.31. The average molecular weight is 489 g/mol. The quantitative estimate of drug-likeness (QED) is 0.242. The van der Waals surface area contributed by atoms with Crippen LogP contribution >= 0.6 is 0 Å². The predicted molar refractivity (Wildman–Crippen MR) is 128 cm³/mol. The number of aromatic carboxylic acids is 2. The molecule has 0 spiro atoms. The van der Waals surface area contributed by atoms with Crippen LogP contribution in [0.2, 0.25) is 0 Å². The van der Waals surface area contributed by atoms with Gasteiger partial charge in [0, 0.05) is 11.5 Å². The van der Waals surface area contributed by atoms with Crippen molar-refractivity contribution < 1.29 is 29.7 Å². The van der Waals surface area contributed by atoms with Crippen molar-refractivity contribution >= 4 is 55.6 Å². The molecular formula is C26H40CaO6. The summed E-state index contributed by atoms with van der Waals surface area (Å²) in [7, 11) is 0. The minimum Gasteiger partial charge on any atom is -0.550 e. The number of hydrogen-bond donors (Lipinski definition) is 1. The van der Waals surface area contributed by atoms with E-state index in [-0.39, 0.29) is 55.3 Å². The Bertz CT molecular complexity index is 614. The van der Waals surface area contributed by atoms with Crippen molar-refractivity contribution in [3.63, 3.8) is 0 Å². The van der Waals surface area contributed by atoms with E-state index in [1.165, 1.54) is 108 Å². The third kappa shape index (κ3) is 21.2.